The zero-order valence-corrected chi connectivity index (χ0v) is 17.8. The molecule has 1 saturated heterocycles. The second-order valence-electron chi connectivity index (χ2n) is 8.04. The Bertz CT molecular complexity index is 1260. The fourth-order valence-electron chi connectivity index (χ4n) is 4.14. The van der Waals surface area contributed by atoms with Crippen LogP contribution in [0.4, 0.5) is 16.1 Å². The van der Waals surface area contributed by atoms with E-state index < -0.39 is 0 Å². The van der Waals surface area contributed by atoms with Crippen LogP contribution in [0.15, 0.2) is 59.4 Å². The number of benzene rings is 2. The summed E-state index contributed by atoms with van der Waals surface area (Å²) in [5.41, 5.74) is 4.09. The molecule has 3 heterocycles. The topological polar surface area (TPSA) is 54.7 Å². The summed E-state index contributed by atoms with van der Waals surface area (Å²) in [6.07, 6.45) is 3.79. The van der Waals surface area contributed by atoms with E-state index in [4.69, 9.17) is 11.0 Å². The third-order valence-corrected chi connectivity index (χ3v) is 6.04. The van der Waals surface area contributed by atoms with Crippen molar-refractivity contribution >= 4 is 22.8 Å². The number of oxazole rings is 1. The molecule has 0 bridgehead atoms. The van der Waals surface area contributed by atoms with E-state index in [1.54, 1.807) is 6.07 Å². The van der Waals surface area contributed by atoms with E-state index >= 15 is 0 Å². The Hall–Kier alpha value is -3.70. The molecule has 2 aromatic heterocycles. The van der Waals surface area contributed by atoms with Crippen LogP contribution in [0.1, 0.15) is 24.2 Å². The number of rotatable bonds is 5. The van der Waals surface area contributed by atoms with E-state index in [2.05, 4.69) is 36.1 Å². The fourth-order valence-corrected chi connectivity index (χ4v) is 4.14. The van der Waals surface area contributed by atoms with Crippen LogP contribution in [0.2, 0.25) is 0 Å². The second kappa shape index (κ2) is 8.44. The number of nitrogens with zero attached hydrogens (tertiary/aromatic N) is 6. The minimum absolute atomic E-state index is 0.133. The number of halogens is 1. The van der Waals surface area contributed by atoms with Crippen LogP contribution in [0, 0.1) is 12.4 Å². The van der Waals surface area contributed by atoms with Gasteiger partial charge in [-0.3, -0.25) is 4.90 Å². The van der Waals surface area contributed by atoms with Gasteiger partial charge in [0.25, 0.3) is 6.01 Å². The monoisotopic (exact) mass is 430 g/mol. The molecule has 4 aromatic rings. The van der Waals surface area contributed by atoms with Crippen molar-refractivity contribution in [3.63, 3.8) is 0 Å². The molecule has 0 radical (unpaired) electrons. The molecular formula is C24H23FN6O. The SMILES string of the molecule is [C-]#[N+]c1ccc([C@@H](C)n2cncc2CN2CCN(c3nc4ccc(F)cc4o3)CC2)cc1. The summed E-state index contributed by atoms with van der Waals surface area (Å²) in [6.45, 7) is 13.4. The Morgan fingerprint density at radius 3 is 2.66 bits per heavy atom. The Labute approximate surface area is 185 Å². The summed E-state index contributed by atoms with van der Waals surface area (Å²) < 4.78 is 21.4. The summed E-state index contributed by atoms with van der Waals surface area (Å²) in [5.74, 6) is -0.321. The first-order valence-corrected chi connectivity index (χ1v) is 10.6. The molecule has 1 fully saturated rings. The van der Waals surface area contributed by atoms with Crippen molar-refractivity contribution in [2.75, 3.05) is 31.1 Å². The molecule has 1 aliphatic heterocycles. The first-order chi connectivity index (χ1) is 15.6. The Kier molecular flexibility index (Phi) is 5.33. The van der Waals surface area contributed by atoms with E-state index in [0.29, 0.717) is 22.8 Å². The minimum Gasteiger partial charge on any atom is -0.423 e. The van der Waals surface area contributed by atoms with Gasteiger partial charge in [-0.2, -0.15) is 4.98 Å². The second-order valence-corrected chi connectivity index (χ2v) is 8.04. The summed E-state index contributed by atoms with van der Waals surface area (Å²) >= 11 is 0. The predicted octanol–water partition coefficient (Wildman–Crippen LogP) is 4.65. The molecular weight excluding hydrogens is 407 g/mol. The normalized spacial score (nSPS) is 15.7. The molecule has 0 amide bonds. The number of piperazine rings is 1. The van der Waals surface area contributed by atoms with Gasteiger partial charge in [-0.15, -0.1) is 0 Å². The van der Waals surface area contributed by atoms with Crippen molar-refractivity contribution in [2.24, 2.45) is 0 Å². The van der Waals surface area contributed by atoms with Crippen molar-refractivity contribution in [3.05, 3.63) is 83.5 Å². The van der Waals surface area contributed by atoms with Gasteiger partial charge in [0.15, 0.2) is 11.3 Å². The highest BCUT2D eigenvalue weighted by Gasteiger charge is 2.23. The molecule has 0 unspecified atom stereocenters. The van der Waals surface area contributed by atoms with E-state index in [0.717, 1.165) is 44.0 Å². The number of anilines is 1. The standard InChI is InChI=1S/C24H23FN6O/c1-17(18-3-6-20(26-2)7-4-18)31-16-27-14-21(31)15-29-9-11-30(12-10-29)24-28-22-8-5-19(25)13-23(22)32-24/h3-8,13-14,16-17H,9-12,15H2,1H3/t17-/m1/s1. The molecule has 5 rings (SSSR count). The molecule has 0 spiro atoms. The van der Waals surface area contributed by atoms with Gasteiger partial charge < -0.3 is 13.9 Å². The molecule has 0 N–H and O–H groups in total. The Morgan fingerprint density at radius 1 is 1.12 bits per heavy atom. The summed E-state index contributed by atoms with van der Waals surface area (Å²) in [4.78, 5) is 16.8. The zero-order valence-electron chi connectivity index (χ0n) is 17.8. The van der Waals surface area contributed by atoms with Crippen LogP contribution in [0.3, 0.4) is 0 Å². The third-order valence-electron chi connectivity index (χ3n) is 6.04. The van der Waals surface area contributed by atoms with E-state index in [9.17, 15) is 4.39 Å². The quantitative estimate of drug-likeness (QED) is 0.432. The van der Waals surface area contributed by atoms with Gasteiger partial charge in [-0.1, -0.05) is 24.3 Å². The van der Waals surface area contributed by atoms with Gasteiger partial charge in [-0.25, -0.2) is 14.2 Å². The van der Waals surface area contributed by atoms with Crippen LogP contribution in [0.25, 0.3) is 15.9 Å². The first kappa shape index (κ1) is 20.2. The lowest BCUT2D eigenvalue weighted by molar-refractivity contribution is 0.239. The Balaban J connectivity index is 1.24. The van der Waals surface area contributed by atoms with Gasteiger partial charge in [-0.05, 0) is 24.6 Å². The van der Waals surface area contributed by atoms with Crippen molar-refractivity contribution < 1.29 is 8.81 Å². The van der Waals surface area contributed by atoms with Gasteiger partial charge >= 0.3 is 0 Å². The number of hydrogen-bond donors (Lipinski definition) is 0. The lowest BCUT2D eigenvalue weighted by Crippen LogP contribution is -2.46. The van der Waals surface area contributed by atoms with Crippen LogP contribution in [-0.2, 0) is 6.54 Å². The number of imidazole rings is 1. The maximum absolute atomic E-state index is 13.4. The number of hydrogen-bond acceptors (Lipinski definition) is 5. The molecule has 162 valence electrons. The highest BCUT2D eigenvalue weighted by Crippen LogP contribution is 2.25. The maximum Gasteiger partial charge on any atom is 0.298 e. The van der Waals surface area contributed by atoms with Crippen LogP contribution in [0.5, 0.6) is 0 Å². The average molecular weight is 430 g/mol. The molecule has 1 aliphatic rings. The van der Waals surface area contributed by atoms with Crippen molar-refractivity contribution in [1.29, 1.82) is 0 Å². The van der Waals surface area contributed by atoms with Crippen LogP contribution in [-0.4, -0.2) is 45.6 Å². The van der Waals surface area contributed by atoms with Gasteiger partial charge in [0.2, 0.25) is 0 Å². The molecule has 2 aromatic carbocycles. The van der Waals surface area contributed by atoms with Gasteiger partial charge in [0, 0.05) is 45.0 Å². The maximum atomic E-state index is 13.4. The van der Waals surface area contributed by atoms with Crippen molar-refractivity contribution in [1.82, 2.24) is 19.4 Å². The fraction of sp³-hybridized carbons (Fsp3) is 0.292. The minimum atomic E-state index is -0.321. The smallest absolute Gasteiger partial charge is 0.298 e. The predicted molar refractivity (Wildman–Crippen MR) is 120 cm³/mol. The van der Waals surface area contributed by atoms with Gasteiger partial charge in [0.05, 0.1) is 24.6 Å². The van der Waals surface area contributed by atoms with E-state index in [-0.39, 0.29) is 11.9 Å². The molecule has 1 atom stereocenters. The highest BCUT2D eigenvalue weighted by molar-refractivity contribution is 5.74. The lowest BCUT2D eigenvalue weighted by Gasteiger charge is -2.34. The first-order valence-electron chi connectivity index (χ1n) is 10.6. The van der Waals surface area contributed by atoms with E-state index in [1.165, 1.54) is 12.1 Å². The molecule has 0 saturated carbocycles. The van der Waals surface area contributed by atoms with Crippen molar-refractivity contribution in [2.45, 2.75) is 19.5 Å². The third kappa shape index (κ3) is 3.95. The van der Waals surface area contributed by atoms with Gasteiger partial charge in [0.1, 0.15) is 11.3 Å². The molecule has 0 aliphatic carbocycles. The molecule has 32 heavy (non-hydrogen) atoms. The number of aromatic nitrogens is 3. The molecule has 8 heteroatoms. The summed E-state index contributed by atoms with van der Waals surface area (Å²) in [7, 11) is 0. The largest absolute Gasteiger partial charge is 0.423 e. The molecule has 7 nitrogen and oxygen atoms in total. The average Bonchev–Trinajstić information content (AvgIpc) is 3.46. The Morgan fingerprint density at radius 2 is 1.91 bits per heavy atom. The lowest BCUT2D eigenvalue weighted by atomic mass is 10.1. The van der Waals surface area contributed by atoms with Crippen molar-refractivity contribution in [3.8, 4) is 0 Å². The zero-order chi connectivity index (χ0) is 22.1. The summed E-state index contributed by atoms with van der Waals surface area (Å²) in [6, 6.07) is 12.8. The summed E-state index contributed by atoms with van der Waals surface area (Å²) in [5, 5.41) is 0. The van der Waals surface area contributed by atoms with E-state index in [1.807, 2.05) is 36.8 Å². The van der Waals surface area contributed by atoms with Crippen LogP contribution >= 0.6 is 0 Å². The highest BCUT2D eigenvalue weighted by atomic mass is 19.1. The number of fused-ring (bicyclic) bond motifs is 1. The van der Waals surface area contributed by atoms with Crippen LogP contribution < -0.4 is 4.90 Å².